The van der Waals surface area contributed by atoms with Gasteiger partial charge in [-0.1, -0.05) is 0 Å². The Kier molecular flexibility index (Phi) is 9.83. The number of carbonyl (C=O) groups excluding carboxylic acids is 2. The third-order valence-electron chi connectivity index (χ3n) is 5.39. The molecule has 1 aliphatic heterocycles. The van der Waals surface area contributed by atoms with Gasteiger partial charge in [-0.3, -0.25) is 4.79 Å². The van der Waals surface area contributed by atoms with E-state index >= 15 is 0 Å². The number of carbonyl (C=O) groups is 2. The van der Waals surface area contributed by atoms with Crippen LogP contribution >= 0.6 is 0 Å². The fourth-order valence-electron chi connectivity index (χ4n) is 3.95. The van der Waals surface area contributed by atoms with Gasteiger partial charge in [0.05, 0.1) is 19.8 Å². The number of ether oxygens (including phenoxy) is 4. The van der Waals surface area contributed by atoms with E-state index < -0.39 is 5.60 Å². The highest BCUT2D eigenvalue weighted by atomic mass is 16.6. The molecule has 8 nitrogen and oxygen atoms in total. The van der Waals surface area contributed by atoms with Gasteiger partial charge in [-0.15, -0.1) is 0 Å². The van der Waals surface area contributed by atoms with Crippen molar-refractivity contribution >= 4 is 12.0 Å². The van der Waals surface area contributed by atoms with Gasteiger partial charge in [-0.2, -0.15) is 0 Å². The molecule has 0 saturated carbocycles. The van der Waals surface area contributed by atoms with Crippen molar-refractivity contribution in [2.45, 2.75) is 71.6 Å². The second kappa shape index (κ2) is 12.1. The maximum absolute atomic E-state index is 13.6. The molecule has 0 aromatic heterocycles. The summed E-state index contributed by atoms with van der Waals surface area (Å²) in [6.45, 7) is 11.7. The van der Waals surface area contributed by atoms with Crippen LogP contribution in [0.2, 0.25) is 0 Å². The third kappa shape index (κ3) is 7.81. The van der Waals surface area contributed by atoms with Gasteiger partial charge in [-0.25, -0.2) is 4.79 Å². The zero-order chi connectivity index (χ0) is 24.6. The van der Waals surface area contributed by atoms with E-state index in [0.29, 0.717) is 43.4 Å². The second-order valence-electron chi connectivity index (χ2n) is 9.59. The van der Waals surface area contributed by atoms with E-state index in [4.69, 9.17) is 18.9 Å². The van der Waals surface area contributed by atoms with Crippen molar-refractivity contribution in [1.82, 2.24) is 9.80 Å². The average Bonchev–Trinajstić information content (AvgIpc) is 2.75. The molecule has 2 amide bonds. The van der Waals surface area contributed by atoms with E-state index in [2.05, 4.69) is 0 Å². The van der Waals surface area contributed by atoms with Gasteiger partial charge in [0, 0.05) is 44.8 Å². The Bertz CT molecular complexity index is 790. The summed E-state index contributed by atoms with van der Waals surface area (Å²) in [5.74, 6) is 1.02. The minimum Gasteiger partial charge on any atom is -0.493 e. The van der Waals surface area contributed by atoms with Crippen LogP contribution in [0.3, 0.4) is 0 Å². The van der Waals surface area contributed by atoms with E-state index in [0.717, 1.165) is 19.3 Å². The zero-order valence-electron chi connectivity index (χ0n) is 21.2. The van der Waals surface area contributed by atoms with Crippen LogP contribution in [0.4, 0.5) is 4.79 Å². The lowest BCUT2D eigenvalue weighted by atomic mass is 10.0. The van der Waals surface area contributed by atoms with Crippen molar-refractivity contribution < 1.29 is 28.5 Å². The predicted molar refractivity (Wildman–Crippen MR) is 127 cm³/mol. The molecule has 0 radical (unpaired) electrons. The highest BCUT2D eigenvalue weighted by molar-refractivity contribution is 5.95. The molecule has 186 valence electrons. The quantitative estimate of drug-likeness (QED) is 0.506. The smallest absolute Gasteiger partial charge is 0.410 e. The Morgan fingerprint density at radius 2 is 1.88 bits per heavy atom. The maximum Gasteiger partial charge on any atom is 0.410 e. The summed E-state index contributed by atoms with van der Waals surface area (Å²) in [5, 5.41) is 0. The predicted octanol–water partition coefficient (Wildman–Crippen LogP) is 4.36. The molecule has 2 rings (SSSR count). The number of piperidine rings is 1. The van der Waals surface area contributed by atoms with Crippen LogP contribution in [0.5, 0.6) is 11.5 Å². The molecular weight excluding hydrogens is 424 g/mol. The number of methoxy groups -OCH3 is 2. The van der Waals surface area contributed by atoms with Gasteiger partial charge in [0.1, 0.15) is 5.60 Å². The Morgan fingerprint density at radius 1 is 1.15 bits per heavy atom. The number of amides is 2. The van der Waals surface area contributed by atoms with E-state index in [1.807, 2.05) is 39.5 Å². The second-order valence-corrected chi connectivity index (χ2v) is 9.59. The lowest BCUT2D eigenvalue weighted by Gasteiger charge is -2.41. The number of hydrogen-bond acceptors (Lipinski definition) is 6. The molecule has 0 spiro atoms. The van der Waals surface area contributed by atoms with E-state index in [1.54, 1.807) is 37.3 Å². The van der Waals surface area contributed by atoms with Crippen LogP contribution in [0, 0.1) is 0 Å². The Labute approximate surface area is 198 Å². The van der Waals surface area contributed by atoms with Gasteiger partial charge in [0.2, 0.25) is 0 Å². The lowest BCUT2D eigenvalue weighted by molar-refractivity contribution is 0.00752. The molecule has 1 saturated heterocycles. The topological polar surface area (TPSA) is 77.5 Å². The van der Waals surface area contributed by atoms with Crippen LogP contribution in [-0.4, -0.2) is 80.0 Å². The molecule has 0 aliphatic carbocycles. The molecule has 0 N–H and O–H groups in total. The number of benzene rings is 1. The molecule has 8 heteroatoms. The summed E-state index contributed by atoms with van der Waals surface area (Å²) in [6.07, 6.45) is 2.05. The van der Waals surface area contributed by atoms with Crippen molar-refractivity contribution in [3.63, 3.8) is 0 Å². The van der Waals surface area contributed by atoms with Crippen molar-refractivity contribution in [3.8, 4) is 11.5 Å². The number of likely N-dealkylation sites (tertiary alicyclic amines) is 1. The zero-order valence-corrected chi connectivity index (χ0v) is 21.2. The molecular formula is C25H40N2O6. The summed E-state index contributed by atoms with van der Waals surface area (Å²) in [6, 6.07) is 5.12. The Morgan fingerprint density at radius 3 is 2.48 bits per heavy atom. The summed E-state index contributed by atoms with van der Waals surface area (Å²) >= 11 is 0. The Balaban J connectivity index is 2.19. The number of rotatable bonds is 9. The number of nitrogens with zero attached hydrogens (tertiary/aromatic N) is 2. The van der Waals surface area contributed by atoms with Gasteiger partial charge < -0.3 is 28.7 Å². The summed E-state index contributed by atoms with van der Waals surface area (Å²) < 4.78 is 21.9. The first-order chi connectivity index (χ1) is 15.6. The van der Waals surface area contributed by atoms with Crippen LogP contribution < -0.4 is 9.47 Å². The average molecular weight is 465 g/mol. The van der Waals surface area contributed by atoms with Crippen molar-refractivity contribution in [2.24, 2.45) is 0 Å². The molecule has 1 aromatic carbocycles. The van der Waals surface area contributed by atoms with Crippen LogP contribution in [0.1, 0.15) is 64.2 Å². The monoisotopic (exact) mass is 464 g/mol. The van der Waals surface area contributed by atoms with Crippen molar-refractivity contribution in [2.75, 3.05) is 40.5 Å². The van der Waals surface area contributed by atoms with Gasteiger partial charge in [0.25, 0.3) is 5.91 Å². The minimum atomic E-state index is -0.555. The molecule has 1 fully saturated rings. The molecule has 0 unspecified atom stereocenters. The van der Waals surface area contributed by atoms with Crippen molar-refractivity contribution in [3.05, 3.63) is 23.8 Å². The standard InChI is InChI=1S/C25H40N2O6/c1-18(2)27(20-10-8-13-26(17-20)24(29)33-25(3,4)5)23(28)19-11-12-21(31-7)22(16-19)32-15-9-14-30-6/h11-12,16,18,20H,8-10,13-15,17H2,1-7H3/t20-/m1/s1. The van der Waals surface area contributed by atoms with Crippen LogP contribution in [-0.2, 0) is 9.47 Å². The SMILES string of the molecule is COCCCOc1cc(C(=O)N(C(C)C)[C@@H]2CCCN(C(=O)OC(C)(C)C)C2)ccc1OC. The first kappa shape index (κ1) is 26.8. The maximum atomic E-state index is 13.6. The molecule has 0 bridgehead atoms. The molecule has 1 heterocycles. The third-order valence-corrected chi connectivity index (χ3v) is 5.39. The molecule has 33 heavy (non-hydrogen) atoms. The first-order valence-electron chi connectivity index (χ1n) is 11.7. The molecule has 1 aromatic rings. The summed E-state index contributed by atoms with van der Waals surface area (Å²) in [4.78, 5) is 29.8. The molecule has 1 atom stereocenters. The summed E-state index contributed by atoms with van der Waals surface area (Å²) in [5.41, 5.74) is -0.0269. The van der Waals surface area contributed by atoms with Crippen molar-refractivity contribution in [1.29, 1.82) is 0 Å². The lowest BCUT2D eigenvalue weighted by Crippen LogP contribution is -2.54. The fourth-order valence-corrected chi connectivity index (χ4v) is 3.95. The summed E-state index contributed by atoms with van der Waals surface area (Å²) in [7, 11) is 3.22. The van der Waals surface area contributed by atoms with E-state index in [-0.39, 0.29) is 24.1 Å². The fraction of sp³-hybridized carbons (Fsp3) is 0.680. The Hall–Kier alpha value is -2.48. The van der Waals surface area contributed by atoms with Gasteiger partial charge in [0.15, 0.2) is 11.5 Å². The van der Waals surface area contributed by atoms with Crippen LogP contribution in [0.15, 0.2) is 18.2 Å². The highest BCUT2D eigenvalue weighted by Gasteiger charge is 2.34. The first-order valence-corrected chi connectivity index (χ1v) is 11.7. The van der Waals surface area contributed by atoms with Gasteiger partial charge >= 0.3 is 6.09 Å². The van der Waals surface area contributed by atoms with E-state index in [9.17, 15) is 9.59 Å². The largest absolute Gasteiger partial charge is 0.493 e. The van der Waals surface area contributed by atoms with Gasteiger partial charge in [-0.05, 0) is 65.7 Å². The minimum absolute atomic E-state index is 0.0331. The number of hydrogen-bond donors (Lipinski definition) is 0. The normalized spacial score (nSPS) is 16.5. The van der Waals surface area contributed by atoms with Crippen LogP contribution in [0.25, 0.3) is 0 Å². The van der Waals surface area contributed by atoms with E-state index in [1.165, 1.54) is 0 Å². The molecule has 1 aliphatic rings. The highest BCUT2D eigenvalue weighted by Crippen LogP contribution is 2.30.